The summed E-state index contributed by atoms with van der Waals surface area (Å²) < 4.78 is 29.9. The van der Waals surface area contributed by atoms with Crippen molar-refractivity contribution in [3.63, 3.8) is 0 Å². The van der Waals surface area contributed by atoms with Crippen LogP contribution in [0.4, 0.5) is 0 Å². The van der Waals surface area contributed by atoms with Gasteiger partial charge in [0.05, 0.1) is 22.0 Å². The number of rotatable bonds is 4. The normalized spacial score (nSPS) is 15.2. The first kappa shape index (κ1) is 15.1. The molecule has 1 heterocycles. The van der Waals surface area contributed by atoms with Crippen molar-refractivity contribution in [1.29, 1.82) is 0 Å². The predicted octanol–water partition coefficient (Wildman–Crippen LogP) is 1.03. The standard InChI is InChI=1S/C14H16N2O4S/c1-2-20-14(17)12-8-11(9-16-13(12)15)21(18,19)10-6-4-3-5-7-10/h3-7,9,16H,2,8,15H2,1H3. The lowest BCUT2D eigenvalue weighted by Gasteiger charge is -2.18. The molecule has 0 unspecified atom stereocenters. The first-order chi connectivity index (χ1) is 9.96. The molecule has 3 N–H and O–H groups in total. The fourth-order valence-electron chi connectivity index (χ4n) is 1.89. The van der Waals surface area contributed by atoms with Gasteiger partial charge in [-0.15, -0.1) is 0 Å². The van der Waals surface area contributed by atoms with Gasteiger partial charge in [-0.25, -0.2) is 13.2 Å². The maximum atomic E-state index is 12.5. The molecule has 0 spiro atoms. The van der Waals surface area contributed by atoms with Gasteiger partial charge in [-0.1, -0.05) is 18.2 Å². The molecule has 7 heteroatoms. The molecular formula is C14H16N2O4S. The average Bonchev–Trinajstić information content (AvgIpc) is 2.48. The summed E-state index contributed by atoms with van der Waals surface area (Å²) in [6.07, 6.45) is 1.22. The SMILES string of the molecule is CCOC(=O)C1=C(N)NC=C(S(=O)(=O)c2ccccc2)C1. The highest BCUT2D eigenvalue weighted by molar-refractivity contribution is 7.95. The quantitative estimate of drug-likeness (QED) is 0.806. The summed E-state index contributed by atoms with van der Waals surface area (Å²) in [6, 6.07) is 8.01. The fraction of sp³-hybridized carbons (Fsp3) is 0.214. The number of sulfone groups is 1. The average molecular weight is 308 g/mol. The Kier molecular flexibility index (Phi) is 4.32. The fourth-order valence-corrected chi connectivity index (χ4v) is 3.26. The van der Waals surface area contributed by atoms with E-state index in [-0.39, 0.29) is 34.2 Å². The lowest BCUT2D eigenvalue weighted by Crippen LogP contribution is -2.28. The number of ether oxygens (including phenoxy) is 1. The summed E-state index contributed by atoms with van der Waals surface area (Å²) in [6.45, 7) is 1.86. The van der Waals surface area contributed by atoms with E-state index in [1.807, 2.05) is 0 Å². The minimum atomic E-state index is -3.67. The van der Waals surface area contributed by atoms with Crippen molar-refractivity contribution in [1.82, 2.24) is 5.32 Å². The van der Waals surface area contributed by atoms with Crippen LogP contribution in [0.1, 0.15) is 13.3 Å². The molecule has 112 valence electrons. The second-order valence-electron chi connectivity index (χ2n) is 4.36. The zero-order chi connectivity index (χ0) is 15.5. The maximum Gasteiger partial charge on any atom is 0.338 e. The van der Waals surface area contributed by atoms with Crippen molar-refractivity contribution < 1.29 is 17.9 Å². The molecule has 6 nitrogen and oxygen atoms in total. The van der Waals surface area contributed by atoms with Gasteiger partial charge in [-0.05, 0) is 19.1 Å². The van der Waals surface area contributed by atoms with Crippen LogP contribution in [0.15, 0.2) is 57.7 Å². The van der Waals surface area contributed by atoms with Crippen LogP contribution in [0.5, 0.6) is 0 Å². The van der Waals surface area contributed by atoms with E-state index in [4.69, 9.17) is 10.5 Å². The Bertz CT molecular complexity index is 706. The van der Waals surface area contributed by atoms with E-state index in [0.29, 0.717) is 0 Å². The monoisotopic (exact) mass is 308 g/mol. The van der Waals surface area contributed by atoms with Gasteiger partial charge in [0.15, 0.2) is 0 Å². The van der Waals surface area contributed by atoms with Crippen LogP contribution in [0.3, 0.4) is 0 Å². The zero-order valence-electron chi connectivity index (χ0n) is 11.5. The molecule has 0 fully saturated rings. The molecule has 0 amide bonds. The van der Waals surface area contributed by atoms with E-state index in [1.165, 1.54) is 18.3 Å². The molecule has 0 radical (unpaired) electrons. The Morgan fingerprint density at radius 3 is 2.62 bits per heavy atom. The molecule has 0 aromatic heterocycles. The van der Waals surface area contributed by atoms with E-state index in [2.05, 4.69) is 5.32 Å². The first-order valence-corrected chi connectivity index (χ1v) is 7.86. The number of nitrogens with two attached hydrogens (primary N) is 1. The summed E-state index contributed by atoms with van der Waals surface area (Å²) in [5.74, 6) is -0.503. The van der Waals surface area contributed by atoms with Gasteiger partial charge in [0.1, 0.15) is 5.82 Å². The lowest BCUT2D eigenvalue weighted by atomic mass is 10.1. The van der Waals surface area contributed by atoms with Crippen molar-refractivity contribution >= 4 is 15.8 Å². The highest BCUT2D eigenvalue weighted by atomic mass is 32.2. The van der Waals surface area contributed by atoms with E-state index >= 15 is 0 Å². The Morgan fingerprint density at radius 1 is 1.33 bits per heavy atom. The van der Waals surface area contributed by atoms with Crippen molar-refractivity contribution in [3.8, 4) is 0 Å². The minimum absolute atomic E-state index is 0.0750. The summed E-state index contributed by atoms with van der Waals surface area (Å²) in [5.41, 5.74) is 5.80. The number of benzene rings is 1. The van der Waals surface area contributed by atoms with Crippen LogP contribution < -0.4 is 11.1 Å². The number of dihydropyridines is 1. The van der Waals surface area contributed by atoms with E-state index in [0.717, 1.165) is 0 Å². The molecule has 1 aromatic rings. The number of carbonyl (C=O) groups excluding carboxylic acids is 1. The third kappa shape index (κ3) is 3.08. The molecule has 1 aliphatic rings. The molecule has 2 rings (SSSR count). The number of allylic oxidation sites excluding steroid dienone is 1. The van der Waals surface area contributed by atoms with Crippen LogP contribution in [-0.4, -0.2) is 21.0 Å². The van der Waals surface area contributed by atoms with Crippen molar-refractivity contribution in [2.24, 2.45) is 5.73 Å². The third-order valence-electron chi connectivity index (χ3n) is 2.99. The number of nitrogens with one attached hydrogen (secondary N) is 1. The topological polar surface area (TPSA) is 98.5 Å². The first-order valence-electron chi connectivity index (χ1n) is 6.38. The molecular weight excluding hydrogens is 292 g/mol. The molecule has 1 aromatic carbocycles. The van der Waals surface area contributed by atoms with Crippen LogP contribution >= 0.6 is 0 Å². The van der Waals surface area contributed by atoms with Gasteiger partial charge in [-0.2, -0.15) is 0 Å². The van der Waals surface area contributed by atoms with E-state index in [1.54, 1.807) is 25.1 Å². The Morgan fingerprint density at radius 2 is 2.00 bits per heavy atom. The molecule has 0 bridgehead atoms. The smallest absolute Gasteiger partial charge is 0.338 e. The Balaban J connectivity index is 2.30. The summed E-state index contributed by atoms with van der Waals surface area (Å²) in [7, 11) is -3.67. The lowest BCUT2D eigenvalue weighted by molar-refractivity contribution is -0.138. The number of carbonyl (C=O) groups is 1. The number of hydrogen-bond acceptors (Lipinski definition) is 6. The van der Waals surface area contributed by atoms with Crippen molar-refractivity contribution in [2.75, 3.05) is 6.61 Å². The Hall–Kier alpha value is -2.28. The van der Waals surface area contributed by atoms with Gasteiger partial charge >= 0.3 is 5.97 Å². The summed E-state index contributed by atoms with van der Waals surface area (Å²) in [4.78, 5) is 12.0. The van der Waals surface area contributed by atoms with Crippen LogP contribution in [-0.2, 0) is 19.4 Å². The van der Waals surface area contributed by atoms with Crippen LogP contribution in [0.25, 0.3) is 0 Å². The predicted molar refractivity (Wildman–Crippen MR) is 77.3 cm³/mol. The number of esters is 1. The highest BCUT2D eigenvalue weighted by Gasteiger charge is 2.28. The van der Waals surface area contributed by atoms with Crippen LogP contribution in [0, 0.1) is 0 Å². The highest BCUT2D eigenvalue weighted by Crippen LogP contribution is 2.27. The van der Waals surface area contributed by atoms with Crippen molar-refractivity contribution in [3.05, 3.63) is 52.8 Å². The third-order valence-corrected chi connectivity index (χ3v) is 4.83. The largest absolute Gasteiger partial charge is 0.463 e. The molecule has 0 aliphatic carbocycles. The maximum absolute atomic E-state index is 12.5. The van der Waals surface area contributed by atoms with Crippen LogP contribution in [0.2, 0.25) is 0 Å². The van der Waals surface area contributed by atoms with E-state index in [9.17, 15) is 13.2 Å². The van der Waals surface area contributed by atoms with Gasteiger partial charge < -0.3 is 15.8 Å². The minimum Gasteiger partial charge on any atom is -0.463 e. The van der Waals surface area contributed by atoms with Gasteiger partial charge in [0, 0.05) is 12.6 Å². The Labute approximate surface area is 123 Å². The second kappa shape index (κ2) is 6.01. The molecule has 0 saturated heterocycles. The van der Waals surface area contributed by atoms with Gasteiger partial charge in [-0.3, -0.25) is 0 Å². The summed E-state index contributed by atoms with van der Waals surface area (Å²) in [5, 5.41) is 2.61. The van der Waals surface area contributed by atoms with E-state index < -0.39 is 15.8 Å². The number of hydrogen-bond donors (Lipinski definition) is 2. The molecule has 0 atom stereocenters. The van der Waals surface area contributed by atoms with Crippen molar-refractivity contribution in [2.45, 2.75) is 18.2 Å². The second-order valence-corrected chi connectivity index (χ2v) is 6.36. The zero-order valence-corrected chi connectivity index (χ0v) is 12.3. The van der Waals surface area contributed by atoms with Gasteiger partial charge in [0.25, 0.3) is 0 Å². The molecule has 1 aliphatic heterocycles. The molecule has 0 saturated carbocycles. The molecule has 21 heavy (non-hydrogen) atoms. The van der Waals surface area contributed by atoms with Gasteiger partial charge in [0.2, 0.25) is 9.84 Å². The summed E-state index contributed by atoms with van der Waals surface area (Å²) >= 11 is 0.